The van der Waals surface area contributed by atoms with E-state index in [2.05, 4.69) is 60.4 Å². The second-order valence-corrected chi connectivity index (χ2v) is 6.16. The van der Waals surface area contributed by atoms with Gasteiger partial charge in [-0.25, -0.2) is 0 Å². The fourth-order valence-electron chi connectivity index (χ4n) is 2.92. The number of nitrogens with zero attached hydrogens (tertiary/aromatic N) is 1. The van der Waals surface area contributed by atoms with E-state index in [1.54, 1.807) is 0 Å². The number of ether oxygens (including phenoxy) is 1. The predicted octanol–water partition coefficient (Wildman–Crippen LogP) is 4.09. The summed E-state index contributed by atoms with van der Waals surface area (Å²) in [6, 6.07) is 13.2. The minimum absolute atomic E-state index is 0.379. The van der Waals surface area contributed by atoms with Gasteiger partial charge < -0.3 is 14.6 Å². The molecule has 1 aromatic heterocycles. The van der Waals surface area contributed by atoms with E-state index >= 15 is 0 Å². The molecule has 2 atom stereocenters. The molecule has 21 heavy (non-hydrogen) atoms. The Morgan fingerprint density at radius 1 is 1.19 bits per heavy atom. The van der Waals surface area contributed by atoms with Crippen LogP contribution in [0.1, 0.15) is 26.7 Å². The molecule has 0 bridgehead atoms. The third-order valence-electron chi connectivity index (χ3n) is 4.18. The average molecular weight is 284 g/mol. The lowest BCUT2D eigenvalue weighted by atomic mass is 9.95. The fraction of sp³-hybridized carbons (Fsp3) is 0.444. The molecule has 1 saturated heterocycles. The van der Waals surface area contributed by atoms with Gasteiger partial charge in [0.2, 0.25) is 0 Å². The highest BCUT2D eigenvalue weighted by atomic mass is 16.5. The van der Waals surface area contributed by atoms with Crippen LogP contribution in [0.25, 0.3) is 5.69 Å². The van der Waals surface area contributed by atoms with E-state index in [9.17, 15) is 0 Å². The Balaban J connectivity index is 1.69. The van der Waals surface area contributed by atoms with Gasteiger partial charge in [0.1, 0.15) is 0 Å². The normalized spacial score (nSPS) is 22.4. The third kappa shape index (κ3) is 3.48. The van der Waals surface area contributed by atoms with E-state index in [0.29, 0.717) is 18.1 Å². The van der Waals surface area contributed by atoms with Crippen molar-refractivity contribution in [3.63, 3.8) is 0 Å². The summed E-state index contributed by atoms with van der Waals surface area (Å²) in [5.74, 6) is 0.584. The minimum Gasteiger partial charge on any atom is -0.382 e. The molecule has 3 heteroatoms. The second-order valence-electron chi connectivity index (χ2n) is 6.16. The van der Waals surface area contributed by atoms with Gasteiger partial charge in [0, 0.05) is 36.4 Å². The van der Waals surface area contributed by atoms with Crippen molar-refractivity contribution in [2.24, 2.45) is 5.92 Å². The molecular weight excluding hydrogens is 260 g/mol. The van der Waals surface area contributed by atoms with Crippen LogP contribution in [0.5, 0.6) is 0 Å². The van der Waals surface area contributed by atoms with Crippen LogP contribution in [0.15, 0.2) is 48.8 Å². The summed E-state index contributed by atoms with van der Waals surface area (Å²) in [4.78, 5) is 0. The van der Waals surface area contributed by atoms with Crippen LogP contribution in [0.4, 0.5) is 5.69 Å². The lowest BCUT2D eigenvalue weighted by Crippen LogP contribution is -2.36. The SMILES string of the molecule is CC(C)C1CC(Nc2cccc(-n3cccc3)c2)CCO1. The predicted molar refractivity (Wildman–Crippen MR) is 87.0 cm³/mol. The van der Waals surface area contributed by atoms with Gasteiger partial charge in [-0.2, -0.15) is 0 Å². The Hall–Kier alpha value is -1.74. The molecule has 0 spiro atoms. The number of anilines is 1. The van der Waals surface area contributed by atoms with Crippen LogP contribution >= 0.6 is 0 Å². The number of benzene rings is 1. The summed E-state index contributed by atoms with van der Waals surface area (Å²) < 4.78 is 7.98. The maximum atomic E-state index is 5.85. The van der Waals surface area contributed by atoms with Crippen LogP contribution in [-0.4, -0.2) is 23.3 Å². The summed E-state index contributed by atoms with van der Waals surface area (Å²) in [6.45, 7) is 5.33. The van der Waals surface area contributed by atoms with Crippen molar-refractivity contribution in [1.29, 1.82) is 0 Å². The summed E-state index contributed by atoms with van der Waals surface area (Å²) >= 11 is 0. The van der Waals surface area contributed by atoms with Crippen LogP contribution in [0.3, 0.4) is 0 Å². The summed E-state index contributed by atoms with van der Waals surface area (Å²) in [7, 11) is 0. The number of rotatable bonds is 4. The monoisotopic (exact) mass is 284 g/mol. The highest BCUT2D eigenvalue weighted by Gasteiger charge is 2.24. The molecule has 3 nitrogen and oxygen atoms in total. The van der Waals surface area contributed by atoms with Gasteiger partial charge in [0.05, 0.1) is 6.10 Å². The molecule has 1 aromatic carbocycles. The standard InChI is InChI=1S/C18H24N2O/c1-14(2)18-13-16(8-11-21-18)19-15-6-5-7-17(12-15)20-9-3-4-10-20/h3-7,9-10,12,14,16,18-19H,8,11,13H2,1-2H3. The number of nitrogens with one attached hydrogen (secondary N) is 1. The molecule has 0 saturated carbocycles. The number of aromatic nitrogens is 1. The summed E-state index contributed by atoms with van der Waals surface area (Å²) in [5.41, 5.74) is 2.38. The molecule has 2 aromatic rings. The van der Waals surface area contributed by atoms with Crippen LogP contribution < -0.4 is 5.32 Å². The highest BCUT2D eigenvalue weighted by molar-refractivity contribution is 5.52. The number of hydrogen-bond acceptors (Lipinski definition) is 2. The Morgan fingerprint density at radius 3 is 2.76 bits per heavy atom. The topological polar surface area (TPSA) is 26.2 Å². The smallest absolute Gasteiger partial charge is 0.0617 e. The lowest BCUT2D eigenvalue weighted by Gasteiger charge is -2.33. The van der Waals surface area contributed by atoms with Gasteiger partial charge in [-0.15, -0.1) is 0 Å². The van der Waals surface area contributed by atoms with Crippen molar-refractivity contribution in [2.45, 2.75) is 38.8 Å². The number of hydrogen-bond donors (Lipinski definition) is 1. The first kappa shape index (κ1) is 14.2. The molecule has 1 aliphatic heterocycles. The van der Waals surface area contributed by atoms with Crippen LogP contribution in [0.2, 0.25) is 0 Å². The zero-order chi connectivity index (χ0) is 14.7. The first-order valence-electron chi connectivity index (χ1n) is 7.84. The molecule has 2 heterocycles. The first-order chi connectivity index (χ1) is 10.2. The van der Waals surface area contributed by atoms with Gasteiger partial charge in [0.25, 0.3) is 0 Å². The average Bonchev–Trinajstić information content (AvgIpc) is 3.02. The van der Waals surface area contributed by atoms with Gasteiger partial charge in [-0.1, -0.05) is 19.9 Å². The van der Waals surface area contributed by atoms with Crippen molar-refractivity contribution in [3.05, 3.63) is 48.8 Å². The molecule has 0 amide bonds. The largest absolute Gasteiger partial charge is 0.382 e. The van der Waals surface area contributed by atoms with E-state index < -0.39 is 0 Å². The van der Waals surface area contributed by atoms with Gasteiger partial charge >= 0.3 is 0 Å². The molecule has 0 radical (unpaired) electrons. The molecule has 1 fully saturated rings. The Morgan fingerprint density at radius 2 is 2.00 bits per heavy atom. The quantitative estimate of drug-likeness (QED) is 0.915. The van der Waals surface area contributed by atoms with Crippen molar-refractivity contribution < 1.29 is 4.74 Å². The molecular formula is C18H24N2O. The molecule has 1 N–H and O–H groups in total. The van der Waals surface area contributed by atoms with Crippen LogP contribution in [-0.2, 0) is 4.74 Å². The molecule has 1 aliphatic rings. The van der Waals surface area contributed by atoms with E-state index in [1.165, 1.54) is 11.4 Å². The third-order valence-corrected chi connectivity index (χ3v) is 4.18. The maximum Gasteiger partial charge on any atom is 0.0617 e. The van der Waals surface area contributed by atoms with Crippen molar-refractivity contribution in [3.8, 4) is 5.69 Å². The first-order valence-corrected chi connectivity index (χ1v) is 7.84. The Bertz CT molecular complexity index is 562. The molecule has 2 unspecified atom stereocenters. The Kier molecular flexibility index (Phi) is 4.30. The van der Waals surface area contributed by atoms with Crippen molar-refractivity contribution >= 4 is 5.69 Å². The zero-order valence-corrected chi connectivity index (χ0v) is 12.8. The second kappa shape index (κ2) is 6.35. The molecule has 112 valence electrons. The van der Waals surface area contributed by atoms with Crippen molar-refractivity contribution in [1.82, 2.24) is 4.57 Å². The van der Waals surface area contributed by atoms with Gasteiger partial charge in [-0.05, 0) is 49.1 Å². The van der Waals surface area contributed by atoms with E-state index in [-0.39, 0.29) is 0 Å². The zero-order valence-electron chi connectivity index (χ0n) is 12.8. The van der Waals surface area contributed by atoms with E-state index in [0.717, 1.165) is 19.4 Å². The van der Waals surface area contributed by atoms with Gasteiger partial charge in [-0.3, -0.25) is 0 Å². The maximum absolute atomic E-state index is 5.85. The van der Waals surface area contributed by atoms with E-state index in [1.807, 2.05) is 12.1 Å². The molecule has 0 aliphatic carbocycles. The van der Waals surface area contributed by atoms with Crippen LogP contribution in [0, 0.1) is 5.92 Å². The summed E-state index contributed by atoms with van der Waals surface area (Å²) in [5, 5.41) is 3.67. The van der Waals surface area contributed by atoms with Gasteiger partial charge in [0.15, 0.2) is 0 Å². The molecule has 3 rings (SSSR count). The fourth-order valence-corrected chi connectivity index (χ4v) is 2.92. The summed E-state index contributed by atoms with van der Waals surface area (Å²) in [6.07, 6.45) is 6.69. The van der Waals surface area contributed by atoms with Crippen molar-refractivity contribution in [2.75, 3.05) is 11.9 Å². The van der Waals surface area contributed by atoms with E-state index in [4.69, 9.17) is 4.74 Å². The Labute approximate surface area is 126 Å². The minimum atomic E-state index is 0.379. The highest BCUT2D eigenvalue weighted by Crippen LogP contribution is 2.24. The lowest BCUT2D eigenvalue weighted by molar-refractivity contribution is -0.0160.